The van der Waals surface area contributed by atoms with Gasteiger partial charge < -0.3 is 20.1 Å². The molecule has 2 rings (SSSR count). The number of carboxylic acid groups (broad SMARTS) is 1. The van der Waals surface area contributed by atoms with Gasteiger partial charge in [0, 0.05) is 26.7 Å². The highest BCUT2D eigenvalue weighted by Crippen LogP contribution is 2.33. The molecule has 2 atom stereocenters. The van der Waals surface area contributed by atoms with Crippen molar-refractivity contribution >= 4 is 12.0 Å². The predicted molar refractivity (Wildman–Crippen MR) is 64.2 cm³/mol. The normalized spacial score (nSPS) is 24.9. The smallest absolute Gasteiger partial charge is 0.317 e. The first-order chi connectivity index (χ1) is 8.61. The van der Waals surface area contributed by atoms with Gasteiger partial charge in [-0.3, -0.25) is 4.79 Å². The van der Waals surface area contributed by atoms with E-state index in [2.05, 4.69) is 5.32 Å². The summed E-state index contributed by atoms with van der Waals surface area (Å²) in [6.07, 6.45) is 2.96. The van der Waals surface area contributed by atoms with Crippen molar-refractivity contribution in [2.75, 3.05) is 26.7 Å². The van der Waals surface area contributed by atoms with Crippen molar-refractivity contribution in [2.45, 2.75) is 25.4 Å². The molecule has 1 saturated carbocycles. The van der Waals surface area contributed by atoms with Gasteiger partial charge in [0.15, 0.2) is 0 Å². The van der Waals surface area contributed by atoms with Crippen molar-refractivity contribution < 1.29 is 19.4 Å². The second-order valence-corrected chi connectivity index (χ2v) is 5.07. The quantitative estimate of drug-likeness (QED) is 0.752. The molecule has 0 radical (unpaired) electrons. The maximum absolute atomic E-state index is 11.8. The molecule has 1 aliphatic heterocycles. The topological polar surface area (TPSA) is 78.9 Å². The van der Waals surface area contributed by atoms with Crippen LogP contribution in [0.5, 0.6) is 0 Å². The number of amides is 2. The highest BCUT2D eigenvalue weighted by molar-refractivity contribution is 5.77. The summed E-state index contributed by atoms with van der Waals surface area (Å²) in [5.74, 6) is -0.670. The zero-order valence-electron chi connectivity index (χ0n) is 10.6. The molecule has 2 amide bonds. The third-order valence-electron chi connectivity index (χ3n) is 3.73. The Morgan fingerprint density at radius 3 is 2.67 bits per heavy atom. The predicted octanol–water partition coefficient (Wildman–Crippen LogP) is 0.527. The third kappa shape index (κ3) is 3.13. The van der Waals surface area contributed by atoms with Crippen molar-refractivity contribution in [3.8, 4) is 0 Å². The molecule has 0 aromatic rings. The van der Waals surface area contributed by atoms with Crippen LogP contribution < -0.4 is 5.32 Å². The minimum absolute atomic E-state index is 0.0897. The van der Waals surface area contributed by atoms with Crippen LogP contribution in [-0.4, -0.2) is 54.9 Å². The van der Waals surface area contributed by atoms with E-state index in [9.17, 15) is 9.59 Å². The number of nitrogens with one attached hydrogen (secondary N) is 1. The van der Waals surface area contributed by atoms with E-state index in [0.717, 1.165) is 0 Å². The number of hydrogen-bond donors (Lipinski definition) is 2. The number of nitrogens with zero attached hydrogens (tertiary/aromatic N) is 1. The van der Waals surface area contributed by atoms with Crippen molar-refractivity contribution in [1.82, 2.24) is 10.2 Å². The lowest BCUT2D eigenvalue weighted by Crippen LogP contribution is -2.43. The summed E-state index contributed by atoms with van der Waals surface area (Å²) in [5, 5.41) is 11.7. The summed E-state index contributed by atoms with van der Waals surface area (Å²) < 4.78 is 5.32. The van der Waals surface area contributed by atoms with E-state index in [1.165, 1.54) is 12.8 Å². The number of ether oxygens (including phenoxy) is 1. The summed E-state index contributed by atoms with van der Waals surface area (Å²) in [6.45, 7) is 1.33. The molecule has 2 N–H and O–H groups in total. The first kappa shape index (κ1) is 13.1. The Labute approximate surface area is 106 Å². The van der Waals surface area contributed by atoms with Crippen molar-refractivity contribution in [3.05, 3.63) is 0 Å². The Balaban J connectivity index is 1.73. The van der Waals surface area contributed by atoms with Crippen LogP contribution in [0.1, 0.15) is 19.3 Å². The fraction of sp³-hybridized carbons (Fsp3) is 0.833. The second kappa shape index (κ2) is 5.56. The number of methoxy groups -OCH3 is 1. The maximum atomic E-state index is 11.8. The molecule has 6 nitrogen and oxygen atoms in total. The lowest BCUT2D eigenvalue weighted by molar-refractivity contribution is -0.141. The first-order valence-corrected chi connectivity index (χ1v) is 6.40. The molecule has 102 valence electrons. The fourth-order valence-corrected chi connectivity index (χ4v) is 2.36. The third-order valence-corrected chi connectivity index (χ3v) is 3.73. The average molecular weight is 256 g/mol. The Bertz CT molecular complexity index is 330. The summed E-state index contributed by atoms with van der Waals surface area (Å²) in [5.41, 5.74) is 0. The van der Waals surface area contributed by atoms with Gasteiger partial charge in [0.25, 0.3) is 0 Å². The van der Waals surface area contributed by atoms with Crippen LogP contribution in [0.15, 0.2) is 0 Å². The van der Waals surface area contributed by atoms with Crippen LogP contribution in [0.2, 0.25) is 0 Å². The molecular formula is C12H20N2O4. The van der Waals surface area contributed by atoms with Gasteiger partial charge in [-0.2, -0.15) is 0 Å². The number of rotatable bonds is 5. The van der Waals surface area contributed by atoms with E-state index < -0.39 is 11.9 Å². The number of aliphatic carboxylic acids is 1. The van der Waals surface area contributed by atoms with E-state index in [4.69, 9.17) is 9.84 Å². The van der Waals surface area contributed by atoms with Crippen LogP contribution in [-0.2, 0) is 9.53 Å². The molecule has 1 heterocycles. The van der Waals surface area contributed by atoms with Crippen LogP contribution >= 0.6 is 0 Å². The van der Waals surface area contributed by atoms with Gasteiger partial charge in [-0.15, -0.1) is 0 Å². The van der Waals surface area contributed by atoms with E-state index in [-0.39, 0.29) is 12.1 Å². The molecule has 1 saturated heterocycles. The van der Waals surface area contributed by atoms with Crippen molar-refractivity contribution in [1.29, 1.82) is 0 Å². The largest absolute Gasteiger partial charge is 0.481 e. The Hall–Kier alpha value is -1.30. The van der Waals surface area contributed by atoms with E-state index in [0.29, 0.717) is 32.0 Å². The number of carbonyl (C=O) groups is 2. The summed E-state index contributed by atoms with van der Waals surface area (Å²) >= 11 is 0. The number of carboxylic acids is 1. The molecule has 6 heteroatoms. The number of urea groups is 1. The van der Waals surface area contributed by atoms with Gasteiger partial charge in [0.05, 0.1) is 12.0 Å². The Morgan fingerprint density at radius 1 is 1.44 bits per heavy atom. The van der Waals surface area contributed by atoms with Gasteiger partial charge in [-0.1, -0.05) is 0 Å². The van der Waals surface area contributed by atoms with Crippen molar-refractivity contribution in [2.24, 2.45) is 11.8 Å². The van der Waals surface area contributed by atoms with Crippen LogP contribution in [0, 0.1) is 11.8 Å². The standard InChI is InChI=1S/C12H20N2O4/c1-18-10(8-2-3-8)6-13-12(17)14-5-4-9(7-14)11(15)16/h8-10H,2-7H2,1H3,(H,13,17)(H,15,16). The molecular weight excluding hydrogens is 236 g/mol. The minimum atomic E-state index is -0.821. The van der Waals surface area contributed by atoms with Gasteiger partial charge in [0.1, 0.15) is 0 Å². The zero-order valence-corrected chi connectivity index (χ0v) is 10.6. The monoisotopic (exact) mass is 256 g/mol. The summed E-state index contributed by atoms with van der Waals surface area (Å²) in [7, 11) is 1.66. The van der Waals surface area contributed by atoms with Gasteiger partial charge >= 0.3 is 12.0 Å². The van der Waals surface area contributed by atoms with Gasteiger partial charge in [0.2, 0.25) is 0 Å². The molecule has 18 heavy (non-hydrogen) atoms. The lowest BCUT2D eigenvalue weighted by Gasteiger charge is -2.20. The molecule has 2 unspecified atom stereocenters. The molecule has 0 aromatic carbocycles. The molecule has 0 bridgehead atoms. The summed E-state index contributed by atoms with van der Waals surface area (Å²) in [6, 6.07) is -0.179. The first-order valence-electron chi connectivity index (χ1n) is 6.40. The van der Waals surface area contributed by atoms with Crippen LogP contribution in [0.25, 0.3) is 0 Å². The minimum Gasteiger partial charge on any atom is -0.481 e. The average Bonchev–Trinajstić information content (AvgIpc) is 3.05. The maximum Gasteiger partial charge on any atom is 0.317 e. The summed E-state index contributed by atoms with van der Waals surface area (Å²) in [4.78, 5) is 24.2. The molecule has 0 aromatic heterocycles. The Morgan fingerprint density at radius 2 is 2.17 bits per heavy atom. The molecule has 2 fully saturated rings. The van der Waals surface area contributed by atoms with Gasteiger partial charge in [-0.25, -0.2) is 4.79 Å². The van der Waals surface area contributed by atoms with Crippen molar-refractivity contribution in [3.63, 3.8) is 0 Å². The van der Waals surface area contributed by atoms with E-state index >= 15 is 0 Å². The highest BCUT2D eigenvalue weighted by Gasteiger charge is 2.33. The van der Waals surface area contributed by atoms with E-state index in [1.54, 1.807) is 12.0 Å². The molecule has 2 aliphatic rings. The number of hydrogen-bond acceptors (Lipinski definition) is 3. The highest BCUT2D eigenvalue weighted by atomic mass is 16.5. The fourth-order valence-electron chi connectivity index (χ4n) is 2.36. The van der Waals surface area contributed by atoms with Gasteiger partial charge in [-0.05, 0) is 25.2 Å². The zero-order chi connectivity index (χ0) is 13.1. The number of likely N-dealkylation sites (tertiary alicyclic amines) is 1. The number of carbonyl (C=O) groups excluding carboxylic acids is 1. The van der Waals surface area contributed by atoms with Crippen LogP contribution in [0.3, 0.4) is 0 Å². The second-order valence-electron chi connectivity index (χ2n) is 5.07. The lowest BCUT2D eigenvalue weighted by atomic mass is 10.1. The Kier molecular flexibility index (Phi) is 4.06. The van der Waals surface area contributed by atoms with E-state index in [1.807, 2.05) is 0 Å². The van der Waals surface area contributed by atoms with Crippen LogP contribution in [0.4, 0.5) is 4.79 Å². The molecule has 1 aliphatic carbocycles. The molecule has 0 spiro atoms. The SMILES string of the molecule is COC(CNC(=O)N1CCC(C(=O)O)C1)C1CC1.